The summed E-state index contributed by atoms with van der Waals surface area (Å²) >= 11 is 0. The summed E-state index contributed by atoms with van der Waals surface area (Å²) in [5.41, 5.74) is -0.775. The van der Waals surface area contributed by atoms with Gasteiger partial charge in [0.05, 0.1) is 5.56 Å². The number of benzene rings is 1. The van der Waals surface area contributed by atoms with E-state index in [1.165, 1.54) is 25.3 Å². The molecule has 1 aromatic rings. The van der Waals surface area contributed by atoms with Crippen molar-refractivity contribution in [1.82, 2.24) is 0 Å². The highest BCUT2D eigenvalue weighted by molar-refractivity contribution is 7.85. The summed E-state index contributed by atoms with van der Waals surface area (Å²) in [5.74, 6) is 0.883. The van der Waals surface area contributed by atoms with Crippen molar-refractivity contribution in [3.05, 3.63) is 23.8 Å². The Morgan fingerprint density at radius 2 is 1.81 bits per heavy atom. The third-order valence-corrected chi connectivity index (χ3v) is 9.76. The van der Waals surface area contributed by atoms with Crippen LogP contribution in [-0.2, 0) is 14.9 Å². The SMILES string of the molecule is CC(C)C1(Oc2cc(C(=O)OCCS(=O)(=O)O)ccc2OC(F)(F)F)CC2CC1C1C3CCC(C3)C21. The standard InChI is InChI=1S/C25H31F3O7S/c1-13(2)24(12-17-10-18(24)22-15-4-3-14(9-15)21(17)22)34-20-11-16(5-6-19(20)35-25(26,27)28)23(29)33-7-8-36(30,31)32/h5-6,11,13-15,17-18,21-22H,3-4,7-10,12H2,1-2H3,(H,30,31,32). The normalized spacial score (nSPS) is 34.8. The third kappa shape index (κ3) is 4.57. The zero-order valence-corrected chi connectivity index (χ0v) is 21.0. The molecule has 0 aromatic heterocycles. The molecule has 0 amide bonds. The summed E-state index contributed by atoms with van der Waals surface area (Å²) < 4.78 is 85.9. The Morgan fingerprint density at radius 1 is 1.11 bits per heavy atom. The summed E-state index contributed by atoms with van der Waals surface area (Å²) in [5, 5.41) is 0. The second-order valence-electron chi connectivity index (χ2n) is 11.1. The topological polar surface area (TPSA) is 99.1 Å². The second-order valence-corrected chi connectivity index (χ2v) is 12.7. The van der Waals surface area contributed by atoms with Crippen LogP contribution in [0.2, 0.25) is 0 Å². The number of esters is 1. The molecule has 7 nitrogen and oxygen atoms in total. The molecule has 36 heavy (non-hydrogen) atoms. The van der Waals surface area contributed by atoms with Gasteiger partial charge in [-0.15, -0.1) is 13.2 Å². The molecule has 0 saturated heterocycles. The number of fused-ring (bicyclic) bond motifs is 9. The van der Waals surface area contributed by atoms with Crippen molar-refractivity contribution in [3.63, 3.8) is 0 Å². The first-order valence-electron chi connectivity index (χ1n) is 12.5. The Hall–Kier alpha value is -2.01. The summed E-state index contributed by atoms with van der Waals surface area (Å²) in [6.45, 7) is 3.46. The van der Waals surface area contributed by atoms with Crippen LogP contribution in [0.5, 0.6) is 11.5 Å². The fraction of sp³-hybridized carbons (Fsp3) is 0.720. The van der Waals surface area contributed by atoms with Gasteiger partial charge in [0.15, 0.2) is 11.5 Å². The molecular weight excluding hydrogens is 501 g/mol. The zero-order chi connectivity index (χ0) is 26.0. The van der Waals surface area contributed by atoms with Crippen LogP contribution in [0.1, 0.15) is 56.3 Å². The van der Waals surface area contributed by atoms with Crippen LogP contribution in [-0.4, -0.2) is 43.3 Å². The van der Waals surface area contributed by atoms with E-state index in [0.29, 0.717) is 23.7 Å². The van der Waals surface area contributed by atoms with Gasteiger partial charge in [0, 0.05) is 5.92 Å². The van der Waals surface area contributed by atoms with Gasteiger partial charge in [0.2, 0.25) is 0 Å². The molecule has 0 spiro atoms. The van der Waals surface area contributed by atoms with Gasteiger partial charge in [-0.05, 0) is 85.8 Å². The molecule has 4 fully saturated rings. The maximum absolute atomic E-state index is 13.2. The van der Waals surface area contributed by atoms with Gasteiger partial charge in [-0.3, -0.25) is 4.55 Å². The van der Waals surface area contributed by atoms with Crippen molar-refractivity contribution in [2.75, 3.05) is 12.4 Å². The predicted octanol–water partition coefficient (Wildman–Crippen LogP) is 5.11. The summed E-state index contributed by atoms with van der Waals surface area (Å²) in [7, 11) is -4.33. The van der Waals surface area contributed by atoms with E-state index in [9.17, 15) is 26.4 Å². The second kappa shape index (κ2) is 8.79. The molecule has 5 rings (SSSR count). The quantitative estimate of drug-likeness (QED) is 0.282. The van der Waals surface area contributed by atoms with E-state index in [-0.39, 0.29) is 23.1 Å². The molecule has 1 aromatic carbocycles. The molecule has 1 N–H and O–H groups in total. The minimum atomic E-state index is -4.95. The molecular formula is C25H31F3O7S. The van der Waals surface area contributed by atoms with E-state index in [1.807, 2.05) is 13.8 Å². The third-order valence-electron chi connectivity index (χ3n) is 9.08. The maximum Gasteiger partial charge on any atom is 0.573 e. The van der Waals surface area contributed by atoms with Crippen molar-refractivity contribution >= 4 is 16.1 Å². The maximum atomic E-state index is 13.2. The van der Waals surface area contributed by atoms with Crippen LogP contribution in [0.25, 0.3) is 0 Å². The molecule has 7 atom stereocenters. The lowest BCUT2D eigenvalue weighted by Crippen LogP contribution is -2.52. The molecule has 4 aliphatic carbocycles. The van der Waals surface area contributed by atoms with Crippen LogP contribution >= 0.6 is 0 Å². The number of carbonyl (C=O) groups excluding carboxylic acids is 1. The largest absolute Gasteiger partial charge is 0.573 e. The molecule has 4 bridgehead atoms. The lowest BCUT2D eigenvalue weighted by Gasteiger charge is -2.48. The molecule has 0 heterocycles. The number of alkyl halides is 3. The number of carbonyl (C=O) groups is 1. The average molecular weight is 533 g/mol. The number of hydrogen-bond acceptors (Lipinski definition) is 6. The zero-order valence-electron chi connectivity index (χ0n) is 20.2. The van der Waals surface area contributed by atoms with Gasteiger partial charge in [0.1, 0.15) is 18.0 Å². The number of ether oxygens (including phenoxy) is 3. The lowest BCUT2D eigenvalue weighted by molar-refractivity contribution is -0.275. The van der Waals surface area contributed by atoms with Crippen molar-refractivity contribution in [3.8, 4) is 11.5 Å². The molecule has 4 aliphatic rings. The highest BCUT2D eigenvalue weighted by Crippen LogP contribution is 2.71. The van der Waals surface area contributed by atoms with Crippen LogP contribution in [0, 0.1) is 41.4 Å². The Kier molecular flexibility index (Phi) is 6.26. The molecule has 11 heteroatoms. The highest BCUT2D eigenvalue weighted by atomic mass is 32.2. The summed E-state index contributed by atoms with van der Waals surface area (Å²) in [4.78, 5) is 12.5. The van der Waals surface area contributed by atoms with Gasteiger partial charge < -0.3 is 14.2 Å². The van der Waals surface area contributed by atoms with Crippen molar-refractivity contribution in [2.24, 2.45) is 41.4 Å². The van der Waals surface area contributed by atoms with Gasteiger partial charge in [-0.1, -0.05) is 13.8 Å². The first-order valence-corrected chi connectivity index (χ1v) is 14.1. The first kappa shape index (κ1) is 25.6. The van der Waals surface area contributed by atoms with Gasteiger partial charge in [-0.2, -0.15) is 8.42 Å². The Bertz CT molecular complexity index is 1130. The molecule has 7 unspecified atom stereocenters. The minimum Gasteiger partial charge on any atom is -0.483 e. The smallest absolute Gasteiger partial charge is 0.483 e. The van der Waals surface area contributed by atoms with Crippen molar-refractivity contribution in [1.29, 1.82) is 0 Å². The van der Waals surface area contributed by atoms with Crippen LogP contribution in [0.4, 0.5) is 13.2 Å². The number of rotatable bonds is 8. The Balaban J connectivity index is 1.44. The van der Waals surface area contributed by atoms with E-state index in [1.54, 1.807) is 0 Å². The van der Waals surface area contributed by atoms with E-state index >= 15 is 0 Å². The Morgan fingerprint density at radius 3 is 2.44 bits per heavy atom. The van der Waals surface area contributed by atoms with E-state index in [0.717, 1.165) is 30.9 Å². The average Bonchev–Trinajstić information content (AvgIpc) is 3.52. The summed E-state index contributed by atoms with van der Waals surface area (Å²) in [6.07, 6.45) is 0.531. The fourth-order valence-electron chi connectivity index (χ4n) is 7.97. The first-order chi connectivity index (χ1) is 16.8. The van der Waals surface area contributed by atoms with E-state index < -0.39 is 46.2 Å². The number of hydrogen-bond donors (Lipinski definition) is 1. The van der Waals surface area contributed by atoms with Crippen LogP contribution in [0.3, 0.4) is 0 Å². The molecule has 200 valence electrons. The van der Waals surface area contributed by atoms with Crippen molar-refractivity contribution in [2.45, 2.75) is 57.9 Å². The predicted molar refractivity (Wildman–Crippen MR) is 122 cm³/mol. The lowest BCUT2D eigenvalue weighted by atomic mass is 9.63. The van der Waals surface area contributed by atoms with Crippen molar-refractivity contribution < 1.29 is 45.1 Å². The molecule has 0 aliphatic heterocycles. The van der Waals surface area contributed by atoms with E-state index in [2.05, 4.69) is 4.74 Å². The minimum absolute atomic E-state index is 0.0247. The summed E-state index contributed by atoms with van der Waals surface area (Å²) in [6, 6.07) is 3.30. The van der Waals surface area contributed by atoms with Crippen LogP contribution in [0.15, 0.2) is 18.2 Å². The van der Waals surface area contributed by atoms with Gasteiger partial charge in [0.25, 0.3) is 10.1 Å². The van der Waals surface area contributed by atoms with Crippen LogP contribution < -0.4 is 9.47 Å². The van der Waals surface area contributed by atoms with Gasteiger partial charge in [-0.25, -0.2) is 4.79 Å². The van der Waals surface area contributed by atoms with E-state index in [4.69, 9.17) is 14.0 Å². The molecule has 0 radical (unpaired) electrons. The fourth-order valence-corrected chi connectivity index (χ4v) is 8.27. The monoisotopic (exact) mass is 532 g/mol. The highest BCUT2D eigenvalue weighted by Gasteiger charge is 2.68. The van der Waals surface area contributed by atoms with Gasteiger partial charge >= 0.3 is 12.3 Å². The number of halogens is 3. The Labute approximate surface area is 208 Å². The molecule has 4 saturated carbocycles.